The Morgan fingerprint density at radius 2 is 1.69 bits per heavy atom. The predicted molar refractivity (Wildman–Crippen MR) is 128 cm³/mol. The lowest BCUT2D eigenvalue weighted by atomic mass is 9.74. The van der Waals surface area contributed by atoms with Gasteiger partial charge in [0.2, 0.25) is 0 Å². The molecular weight excluding hydrogens is 404 g/mol. The van der Waals surface area contributed by atoms with Gasteiger partial charge in [0.05, 0.1) is 6.10 Å². The van der Waals surface area contributed by atoms with Crippen LogP contribution in [0.25, 0.3) is 0 Å². The van der Waals surface area contributed by atoms with Crippen LogP contribution in [-0.4, -0.2) is 17.8 Å². The molecule has 0 saturated heterocycles. The fourth-order valence-electron chi connectivity index (χ4n) is 4.90. The van der Waals surface area contributed by atoms with Gasteiger partial charge in [0, 0.05) is 18.2 Å². The van der Waals surface area contributed by atoms with Crippen molar-refractivity contribution in [2.75, 3.05) is 6.54 Å². The molecule has 0 heterocycles. The average molecular weight is 444 g/mol. The molecule has 0 bridgehead atoms. The summed E-state index contributed by atoms with van der Waals surface area (Å²) >= 11 is 0. The molecule has 0 amide bonds. The number of rotatable bonds is 9. The Bertz CT molecular complexity index is 869. The highest BCUT2D eigenvalue weighted by molar-refractivity contribution is 5.34. The number of hydrogen-bond donors (Lipinski definition) is 2. The van der Waals surface area contributed by atoms with Gasteiger partial charge in [-0.25, -0.2) is 8.78 Å². The summed E-state index contributed by atoms with van der Waals surface area (Å²) in [6, 6.07) is 12.5. The first-order chi connectivity index (χ1) is 15.1. The molecule has 176 valence electrons. The lowest BCUT2D eigenvalue weighted by Gasteiger charge is -2.41. The number of hydrogen-bond acceptors (Lipinski definition) is 2. The zero-order chi connectivity index (χ0) is 23.4. The van der Waals surface area contributed by atoms with Crippen LogP contribution >= 0.6 is 0 Å². The van der Waals surface area contributed by atoms with Gasteiger partial charge in [-0.05, 0) is 65.8 Å². The van der Waals surface area contributed by atoms with Crippen molar-refractivity contribution in [2.24, 2.45) is 5.92 Å². The molecule has 2 aromatic rings. The number of aliphatic hydroxyl groups excluding tert-OH is 1. The third-order valence-corrected chi connectivity index (χ3v) is 7.57. The molecule has 4 heteroatoms. The largest absolute Gasteiger partial charge is 0.392 e. The zero-order valence-electron chi connectivity index (χ0n) is 20.1. The molecule has 0 radical (unpaired) electrons. The second kappa shape index (κ2) is 10.4. The molecule has 2 atom stereocenters. The molecule has 0 aliphatic heterocycles. The predicted octanol–water partition coefficient (Wildman–Crippen LogP) is 6.64. The summed E-state index contributed by atoms with van der Waals surface area (Å²) in [5, 5.41) is 14.6. The minimum absolute atomic E-state index is 0.116. The van der Waals surface area contributed by atoms with Crippen LogP contribution in [0.2, 0.25) is 0 Å². The van der Waals surface area contributed by atoms with Crippen molar-refractivity contribution in [3.63, 3.8) is 0 Å². The Hall–Kier alpha value is -1.78. The normalized spacial score (nSPS) is 18.3. The molecule has 0 aromatic heterocycles. The number of aliphatic hydroxyl groups is 1. The van der Waals surface area contributed by atoms with Crippen LogP contribution in [0.4, 0.5) is 8.78 Å². The van der Waals surface area contributed by atoms with E-state index in [0.29, 0.717) is 18.5 Å². The molecule has 2 aromatic carbocycles. The van der Waals surface area contributed by atoms with E-state index >= 15 is 0 Å². The van der Waals surface area contributed by atoms with Crippen LogP contribution in [0.5, 0.6) is 0 Å². The summed E-state index contributed by atoms with van der Waals surface area (Å²) in [6.07, 6.45) is 6.60. The second-order valence-corrected chi connectivity index (χ2v) is 10.4. The van der Waals surface area contributed by atoms with E-state index in [4.69, 9.17) is 0 Å². The summed E-state index contributed by atoms with van der Waals surface area (Å²) in [6.45, 7) is 9.19. The molecule has 2 N–H and O–H groups in total. The van der Waals surface area contributed by atoms with Gasteiger partial charge < -0.3 is 10.4 Å². The topological polar surface area (TPSA) is 32.3 Å². The van der Waals surface area contributed by atoms with Crippen molar-refractivity contribution >= 4 is 0 Å². The number of halogens is 2. The van der Waals surface area contributed by atoms with Crippen LogP contribution < -0.4 is 5.32 Å². The van der Waals surface area contributed by atoms with Crippen molar-refractivity contribution in [1.29, 1.82) is 0 Å². The standard InChI is InChI=1S/C28H39F2NO/c1-5-27(3,4)22-10-9-11-23(17-22)28(12-7-6-8-13-28)31-19-26(32)20(2)14-21-15-24(29)18-25(30)16-21/h9-11,15-18,20,26,31-32H,5-8,12-14,19H2,1-4H3/t20-,26+/m0/s1. The van der Waals surface area contributed by atoms with E-state index in [9.17, 15) is 13.9 Å². The maximum atomic E-state index is 13.5. The van der Waals surface area contributed by atoms with Crippen LogP contribution in [0.15, 0.2) is 42.5 Å². The summed E-state index contributed by atoms with van der Waals surface area (Å²) in [7, 11) is 0. The lowest BCUT2D eigenvalue weighted by Crippen LogP contribution is -2.48. The van der Waals surface area contributed by atoms with Gasteiger partial charge in [-0.15, -0.1) is 0 Å². The smallest absolute Gasteiger partial charge is 0.126 e. The third kappa shape index (κ3) is 5.96. The molecular formula is C28H39F2NO. The van der Waals surface area contributed by atoms with Gasteiger partial charge in [-0.2, -0.15) is 0 Å². The number of benzene rings is 2. The highest BCUT2D eigenvalue weighted by atomic mass is 19.1. The van der Waals surface area contributed by atoms with Crippen LogP contribution in [0, 0.1) is 17.6 Å². The van der Waals surface area contributed by atoms with Crippen LogP contribution in [-0.2, 0) is 17.4 Å². The third-order valence-electron chi connectivity index (χ3n) is 7.57. The maximum Gasteiger partial charge on any atom is 0.126 e. The minimum atomic E-state index is -0.601. The molecule has 1 fully saturated rings. The fraction of sp³-hybridized carbons (Fsp3) is 0.571. The maximum absolute atomic E-state index is 13.5. The Labute approximate surface area is 192 Å². The molecule has 2 nitrogen and oxygen atoms in total. The van der Waals surface area contributed by atoms with Crippen molar-refractivity contribution in [1.82, 2.24) is 5.32 Å². The fourth-order valence-corrected chi connectivity index (χ4v) is 4.90. The van der Waals surface area contributed by atoms with E-state index in [2.05, 4.69) is 50.4 Å². The first-order valence-corrected chi connectivity index (χ1v) is 12.1. The molecule has 0 unspecified atom stereocenters. The minimum Gasteiger partial charge on any atom is -0.392 e. The summed E-state index contributed by atoms with van der Waals surface area (Å²) < 4.78 is 27.1. The number of nitrogens with one attached hydrogen (secondary N) is 1. The molecule has 3 rings (SSSR count). The van der Waals surface area contributed by atoms with E-state index in [0.717, 1.165) is 25.3 Å². The monoisotopic (exact) mass is 443 g/mol. The van der Waals surface area contributed by atoms with Gasteiger partial charge in [-0.1, -0.05) is 71.2 Å². The van der Waals surface area contributed by atoms with E-state index in [1.165, 1.54) is 42.5 Å². The van der Waals surface area contributed by atoms with Crippen molar-refractivity contribution in [3.05, 3.63) is 70.8 Å². The Balaban J connectivity index is 1.74. The molecule has 0 spiro atoms. The summed E-state index contributed by atoms with van der Waals surface area (Å²) in [4.78, 5) is 0. The summed E-state index contributed by atoms with van der Waals surface area (Å²) in [5.41, 5.74) is 3.23. The first kappa shape index (κ1) is 24.9. The first-order valence-electron chi connectivity index (χ1n) is 12.1. The highest BCUT2D eigenvalue weighted by Gasteiger charge is 2.35. The van der Waals surface area contributed by atoms with Crippen LogP contribution in [0.1, 0.15) is 82.9 Å². The molecule has 1 aliphatic carbocycles. The van der Waals surface area contributed by atoms with Crippen molar-refractivity contribution in [3.8, 4) is 0 Å². The highest BCUT2D eigenvalue weighted by Crippen LogP contribution is 2.39. The van der Waals surface area contributed by atoms with E-state index in [-0.39, 0.29) is 16.9 Å². The van der Waals surface area contributed by atoms with E-state index in [1.54, 1.807) is 0 Å². The summed E-state index contributed by atoms with van der Waals surface area (Å²) in [5.74, 6) is -1.26. The molecule has 1 aliphatic rings. The molecule has 1 saturated carbocycles. The molecule has 32 heavy (non-hydrogen) atoms. The SMILES string of the molecule is CCC(C)(C)c1cccc(C2(NC[C@@H](O)[C@@H](C)Cc3cc(F)cc(F)c3)CCCCC2)c1. The average Bonchev–Trinajstić information content (AvgIpc) is 2.77. The second-order valence-electron chi connectivity index (χ2n) is 10.4. The Kier molecular flexibility index (Phi) is 8.11. The Morgan fingerprint density at radius 3 is 2.31 bits per heavy atom. The quantitative estimate of drug-likeness (QED) is 0.455. The van der Waals surface area contributed by atoms with Gasteiger partial charge in [0.15, 0.2) is 0 Å². The van der Waals surface area contributed by atoms with Crippen molar-refractivity contribution < 1.29 is 13.9 Å². The van der Waals surface area contributed by atoms with Crippen LogP contribution in [0.3, 0.4) is 0 Å². The van der Waals surface area contributed by atoms with E-state index in [1.807, 2.05) is 6.92 Å². The zero-order valence-corrected chi connectivity index (χ0v) is 20.1. The lowest BCUT2D eigenvalue weighted by molar-refractivity contribution is 0.0946. The van der Waals surface area contributed by atoms with Gasteiger partial charge >= 0.3 is 0 Å². The van der Waals surface area contributed by atoms with E-state index < -0.39 is 17.7 Å². The van der Waals surface area contributed by atoms with Gasteiger partial charge in [-0.3, -0.25) is 0 Å². The van der Waals surface area contributed by atoms with Gasteiger partial charge in [0.25, 0.3) is 0 Å². The van der Waals surface area contributed by atoms with Gasteiger partial charge in [0.1, 0.15) is 11.6 Å². The van der Waals surface area contributed by atoms with Crippen molar-refractivity contribution in [2.45, 2.75) is 89.7 Å². The Morgan fingerprint density at radius 1 is 1.03 bits per heavy atom.